The predicted molar refractivity (Wildman–Crippen MR) is 86.1 cm³/mol. The first-order chi connectivity index (χ1) is 10.3. The number of hydrogen-bond donors (Lipinski definition) is 1. The zero-order chi connectivity index (χ0) is 14.7. The van der Waals surface area contributed by atoms with E-state index in [0.717, 1.165) is 22.6 Å². The van der Waals surface area contributed by atoms with Crippen molar-refractivity contribution in [3.8, 4) is 6.07 Å². The van der Waals surface area contributed by atoms with Gasteiger partial charge in [0.05, 0.1) is 17.1 Å². The summed E-state index contributed by atoms with van der Waals surface area (Å²) in [5.41, 5.74) is 1.59. The van der Waals surface area contributed by atoms with Crippen LogP contribution in [-0.2, 0) is 0 Å². The number of nitrogens with zero attached hydrogens (tertiary/aromatic N) is 2. The molecule has 1 aliphatic rings. The van der Waals surface area contributed by atoms with E-state index in [1.165, 1.54) is 32.1 Å². The third-order valence-electron chi connectivity index (χ3n) is 4.55. The first kappa shape index (κ1) is 13.9. The van der Waals surface area contributed by atoms with Crippen LogP contribution in [0.1, 0.15) is 44.6 Å². The van der Waals surface area contributed by atoms with Gasteiger partial charge in [0.15, 0.2) is 0 Å². The van der Waals surface area contributed by atoms with Gasteiger partial charge in [-0.15, -0.1) is 0 Å². The number of para-hydroxylation sites is 1. The molecular formula is C18H21N3. The molecule has 1 aromatic heterocycles. The van der Waals surface area contributed by atoms with Crippen molar-refractivity contribution in [3.63, 3.8) is 0 Å². The molecule has 3 nitrogen and oxygen atoms in total. The summed E-state index contributed by atoms with van der Waals surface area (Å²) in [5, 5.41) is 13.8. The average Bonchev–Trinajstić information content (AvgIpc) is 2.54. The number of fused-ring (bicyclic) bond motifs is 1. The number of aromatic nitrogens is 1. The van der Waals surface area contributed by atoms with Gasteiger partial charge in [0, 0.05) is 11.4 Å². The van der Waals surface area contributed by atoms with E-state index in [0.29, 0.717) is 11.6 Å². The highest BCUT2D eigenvalue weighted by molar-refractivity contribution is 5.86. The van der Waals surface area contributed by atoms with Gasteiger partial charge in [0.1, 0.15) is 5.82 Å². The Morgan fingerprint density at radius 1 is 1.33 bits per heavy atom. The van der Waals surface area contributed by atoms with Gasteiger partial charge in [0.25, 0.3) is 0 Å². The molecule has 1 N–H and O–H groups in total. The fourth-order valence-electron chi connectivity index (χ4n) is 3.34. The van der Waals surface area contributed by atoms with Crippen LogP contribution in [0.25, 0.3) is 10.9 Å². The summed E-state index contributed by atoms with van der Waals surface area (Å²) in [4.78, 5) is 4.67. The molecule has 2 atom stereocenters. The summed E-state index contributed by atoms with van der Waals surface area (Å²) in [7, 11) is 0. The predicted octanol–water partition coefficient (Wildman–Crippen LogP) is 4.49. The van der Waals surface area contributed by atoms with Gasteiger partial charge in [-0.25, -0.2) is 4.98 Å². The maximum absolute atomic E-state index is 9.34. The van der Waals surface area contributed by atoms with Gasteiger partial charge in [-0.2, -0.15) is 5.26 Å². The summed E-state index contributed by atoms with van der Waals surface area (Å²) in [5.74, 6) is 1.67. The molecule has 0 saturated heterocycles. The minimum Gasteiger partial charge on any atom is -0.367 e. The minimum absolute atomic E-state index is 0.490. The van der Waals surface area contributed by atoms with Crippen LogP contribution >= 0.6 is 0 Å². The Hall–Kier alpha value is -2.08. The zero-order valence-corrected chi connectivity index (χ0v) is 12.5. The molecule has 108 valence electrons. The number of benzene rings is 1. The van der Waals surface area contributed by atoms with E-state index in [4.69, 9.17) is 0 Å². The van der Waals surface area contributed by atoms with Gasteiger partial charge in [0.2, 0.25) is 0 Å². The third-order valence-corrected chi connectivity index (χ3v) is 4.55. The van der Waals surface area contributed by atoms with E-state index in [9.17, 15) is 5.26 Å². The monoisotopic (exact) mass is 279 g/mol. The summed E-state index contributed by atoms with van der Waals surface area (Å²) in [6.07, 6.45) is 6.31. The van der Waals surface area contributed by atoms with Gasteiger partial charge in [-0.3, -0.25) is 0 Å². The lowest BCUT2D eigenvalue weighted by Crippen LogP contribution is -2.27. The zero-order valence-electron chi connectivity index (χ0n) is 12.5. The number of rotatable bonds is 3. The summed E-state index contributed by atoms with van der Waals surface area (Å²) >= 11 is 0. The Morgan fingerprint density at radius 3 is 3.00 bits per heavy atom. The molecule has 2 aromatic rings. The highest BCUT2D eigenvalue weighted by Crippen LogP contribution is 2.29. The maximum atomic E-state index is 9.34. The van der Waals surface area contributed by atoms with Crippen molar-refractivity contribution in [2.24, 2.45) is 5.92 Å². The molecule has 1 aliphatic carbocycles. The topological polar surface area (TPSA) is 48.7 Å². The van der Waals surface area contributed by atoms with Gasteiger partial charge in [-0.1, -0.05) is 44.4 Å². The van der Waals surface area contributed by atoms with Crippen molar-refractivity contribution < 1.29 is 0 Å². The molecular weight excluding hydrogens is 258 g/mol. The van der Waals surface area contributed by atoms with Crippen molar-refractivity contribution in [3.05, 3.63) is 35.9 Å². The smallest absolute Gasteiger partial charge is 0.128 e. The van der Waals surface area contributed by atoms with Gasteiger partial charge >= 0.3 is 0 Å². The van der Waals surface area contributed by atoms with Crippen LogP contribution in [0.15, 0.2) is 30.3 Å². The molecule has 0 radical (unpaired) electrons. The normalized spacial score (nSPS) is 21.9. The number of hydrogen-bond acceptors (Lipinski definition) is 3. The molecule has 3 rings (SSSR count). The SMILES string of the molecule is CCC1CCCC(Nc2cc(C#N)c3ccccc3n2)C1. The Labute approximate surface area is 126 Å². The Bertz CT molecular complexity index is 672. The van der Waals surface area contributed by atoms with Crippen LogP contribution in [0.4, 0.5) is 5.82 Å². The number of anilines is 1. The van der Waals surface area contributed by atoms with Crippen LogP contribution in [0.2, 0.25) is 0 Å². The fourth-order valence-corrected chi connectivity index (χ4v) is 3.34. The van der Waals surface area contributed by atoms with E-state index < -0.39 is 0 Å². The molecule has 1 saturated carbocycles. The van der Waals surface area contributed by atoms with Crippen molar-refractivity contribution in [2.45, 2.75) is 45.1 Å². The molecule has 2 unspecified atom stereocenters. The molecule has 0 amide bonds. The average molecular weight is 279 g/mol. The lowest BCUT2D eigenvalue weighted by atomic mass is 9.84. The van der Waals surface area contributed by atoms with E-state index in [1.54, 1.807) is 0 Å². The third kappa shape index (κ3) is 3.00. The Balaban J connectivity index is 1.86. The lowest BCUT2D eigenvalue weighted by Gasteiger charge is -2.29. The lowest BCUT2D eigenvalue weighted by molar-refractivity contribution is 0.327. The fraction of sp³-hybridized carbons (Fsp3) is 0.444. The van der Waals surface area contributed by atoms with Crippen LogP contribution in [0.3, 0.4) is 0 Å². The van der Waals surface area contributed by atoms with Crippen LogP contribution < -0.4 is 5.32 Å². The largest absolute Gasteiger partial charge is 0.367 e. The van der Waals surface area contributed by atoms with Crippen LogP contribution in [-0.4, -0.2) is 11.0 Å². The molecule has 3 heteroatoms. The number of pyridine rings is 1. The highest BCUT2D eigenvalue weighted by atomic mass is 15.0. The van der Waals surface area contributed by atoms with Crippen molar-refractivity contribution in [2.75, 3.05) is 5.32 Å². The quantitative estimate of drug-likeness (QED) is 0.900. The van der Waals surface area contributed by atoms with Gasteiger partial charge in [-0.05, 0) is 30.9 Å². The molecule has 1 fully saturated rings. The molecule has 1 heterocycles. The summed E-state index contributed by atoms with van der Waals surface area (Å²) in [6, 6.07) is 12.5. The Morgan fingerprint density at radius 2 is 2.19 bits per heavy atom. The molecule has 0 spiro atoms. The maximum Gasteiger partial charge on any atom is 0.128 e. The van der Waals surface area contributed by atoms with Crippen LogP contribution in [0.5, 0.6) is 0 Å². The first-order valence-corrected chi connectivity index (χ1v) is 7.86. The molecule has 0 aliphatic heterocycles. The standard InChI is InChI=1S/C18H21N3/c1-2-13-6-5-7-15(10-13)20-18-11-14(12-19)16-8-3-4-9-17(16)21-18/h3-4,8-9,11,13,15H,2,5-7,10H2,1H3,(H,20,21). The van der Waals surface area contributed by atoms with Crippen molar-refractivity contribution in [1.29, 1.82) is 5.26 Å². The Kier molecular flexibility index (Phi) is 4.06. The molecule has 1 aromatic carbocycles. The second-order valence-electron chi connectivity index (χ2n) is 5.97. The number of nitriles is 1. The highest BCUT2D eigenvalue weighted by Gasteiger charge is 2.21. The van der Waals surface area contributed by atoms with E-state index in [2.05, 4.69) is 23.3 Å². The van der Waals surface area contributed by atoms with E-state index in [1.807, 2.05) is 30.3 Å². The second kappa shape index (κ2) is 6.13. The second-order valence-corrected chi connectivity index (χ2v) is 5.97. The first-order valence-electron chi connectivity index (χ1n) is 7.86. The minimum atomic E-state index is 0.490. The van der Waals surface area contributed by atoms with Crippen molar-refractivity contribution in [1.82, 2.24) is 4.98 Å². The van der Waals surface area contributed by atoms with E-state index in [-0.39, 0.29) is 0 Å². The van der Waals surface area contributed by atoms with E-state index >= 15 is 0 Å². The van der Waals surface area contributed by atoms with Crippen LogP contribution in [0, 0.1) is 17.2 Å². The summed E-state index contributed by atoms with van der Waals surface area (Å²) in [6.45, 7) is 2.27. The summed E-state index contributed by atoms with van der Waals surface area (Å²) < 4.78 is 0. The van der Waals surface area contributed by atoms with Crippen molar-refractivity contribution >= 4 is 16.7 Å². The molecule has 21 heavy (non-hydrogen) atoms. The molecule has 0 bridgehead atoms. The van der Waals surface area contributed by atoms with Gasteiger partial charge < -0.3 is 5.32 Å². The number of nitrogens with one attached hydrogen (secondary N) is 1.